The summed E-state index contributed by atoms with van der Waals surface area (Å²) < 4.78 is 24.6. The van der Waals surface area contributed by atoms with E-state index in [2.05, 4.69) is 49.0 Å². The topological polar surface area (TPSA) is 171 Å². The highest BCUT2D eigenvalue weighted by molar-refractivity contribution is 7.90. The molecule has 4 aromatic rings. The number of nitrogens with zero attached hydrogens (tertiary/aromatic N) is 7. The van der Waals surface area contributed by atoms with Crippen molar-refractivity contribution in [2.45, 2.75) is 58.2 Å². The van der Waals surface area contributed by atoms with E-state index in [1.54, 1.807) is 22.0 Å². The Morgan fingerprint density at radius 2 is 1.85 bits per heavy atom. The fourth-order valence-corrected chi connectivity index (χ4v) is 5.67. The third-order valence-electron chi connectivity index (χ3n) is 7.63. The molecule has 4 rings (SSSR count). The number of anilines is 3. The quantitative estimate of drug-likeness (QED) is 0.143. The highest BCUT2D eigenvalue weighted by Crippen LogP contribution is 2.24. The van der Waals surface area contributed by atoms with Crippen molar-refractivity contribution in [1.29, 1.82) is 5.26 Å². The van der Waals surface area contributed by atoms with Crippen LogP contribution in [0.4, 0.5) is 22.4 Å². The van der Waals surface area contributed by atoms with Gasteiger partial charge >= 0.3 is 6.03 Å². The summed E-state index contributed by atoms with van der Waals surface area (Å²) in [5, 5.41) is 23.2. The van der Waals surface area contributed by atoms with E-state index in [1.165, 1.54) is 12.5 Å². The zero-order valence-electron chi connectivity index (χ0n) is 27.2. The Balaban J connectivity index is 1.44. The van der Waals surface area contributed by atoms with Crippen molar-refractivity contribution in [3.8, 4) is 17.2 Å². The molecule has 3 N–H and O–H groups in total. The molecule has 47 heavy (non-hydrogen) atoms. The monoisotopic (exact) mass is 658 g/mol. The first-order valence-corrected chi connectivity index (χ1v) is 17.6. The van der Waals surface area contributed by atoms with Crippen molar-refractivity contribution in [3.05, 3.63) is 78.4 Å². The molecule has 2 atom stereocenters. The predicted octanol–water partition coefficient (Wildman–Crippen LogP) is 4.77. The van der Waals surface area contributed by atoms with Gasteiger partial charge in [0.15, 0.2) is 0 Å². The van der Waals surface area contributed by atoms with Crippen LogP contribution in [-0.4, -0.2) is 69.8 Å². The van der Waals surface area contributed by atoms with Gasteiger partial charge < -0.3 is 16.0 Å². The molecule has 3 aromatic heterocycles. The van der Waals surface area contributed by atoms with Crippen LogP contribution in [0, 0.1) is 11.3 Å². The Bertz CT molecular complexity index is 1760. The maximum atomic E-state index is 13.6. The van der Waals surface area contributed by atoms with Gasteiger partial charge in [-0.05, 0) is 50.3 Å². The van der Waals surface area contributed by atoms with Gasteiger partial charge in [-0.1, -0.05) is 37.3 Å². The summed E-state index contributed by atoms with van der Waals surface area (Å²) in [5.74, 6) is 1.29. The Kier molecular flexibility index (Phi) is 12.2. The Morgan fingerprint density at radius 1 is 1.06 bits per heavy atom. The second-order valence-corrected chi connectivity index (χ2v) is 13.7. The molecule has 2 amide bonds. The number of hydrogen-bond acceptors (Lipinski definition) is 10. The van der Waals surface area contributed by atoms with Gasteiger partial charge in [-0.3, -0.25) is 9.58 Å². The van der Waals surface area contributed by atoms with E-state index in [0.717, 1.165) is 23.1 Å². The molecule has 13 nitrogen and oxygen atoms in total. The molecule has 0 fully saturated rings. The lowest BCUT2D eigenvalue weighted by Crippen LogP contribution is -2.46. The van der Waals surface area contributed by atoms with Crippen LogP contribution in [0.15, 0.2) is 67.3 Å². The molecular formula is C33H42N10O3S. The first-order chi connectivity index (χ1) is 22.6. The number of pyridine rings is 1. The van der Waals surface area contributed by atoms with Crippen molar-refractivity contribution >= 4 is 33.5 Å². The normalized spacial score (nSPS) is 12.5. The largest absolute Gasteiger partial charge is 0.369 e. The number of sulfone groups is 1. The summed E-state index contributed by atoms with van der Waals surface area (Å²) in [4.78, 5) is 28.8. The SMILES string of the molecule is CCC(CC[C@@H](C)N(C(=O)NCc1ccccc1)c1ccc(-c2cnn(C)c2)cn1)Nc1ncc(C#N)c(NCCCS(C)(=O)=O)n1. The van der Waals surface area contributed by atoms with Crippen LogP contribution < -0.4 is 20.9 Å². The number of rotatable bonds is 16. The smallest absolute Gasteiger partial charge is 0.323 e. The number of nitriles is 1. The number of nitrogens with one attached hydrogen (secondary N) is 3. The standard InChI is InChI=1S/C33H42N10O3S/c1-5-29(40-32-37-21-27(18-34)31(41-32)35-16-9-17-47(4,45)46)14-12-24(2)43(33(44)38-19-25-10-7-6-8-11-25)30-15-13-26(20-36-30)28-22-39-42(3)23-28/h6-8,10-11,13,15,20-24,29H,5,9,12,14,16-17,19H2,1-4H3,(H,38,44)(H2,35,37,40,41)/t24-,29?/m1/s1. The van der Waals surface area contributed by atoms with Gasteiger partial charge in [-0.2, -0.15) is 15.3 Å². The molecule has 0 radical (unpaired) electrons. The highest BCUT2D eigenvalue weighted by atomic mass is 32.2. The minimum atomic E-state index is -3.08. The fraction of sp³-hybridized carbons (Fsp3) is 0.394. The third-order valence-corrected chi connectivity index (χ3v) is 8.66. The number of carbonyl (C=O) groups excluding carboxylic acids is 1. The molecule has 0 aliphatic heterocycles. The fourth-order valence-electron chi connectivity index (χ4n) is 5.00. The number of hydrogen-bond donors (Lipinski definition) is 3. The Morgan fingerprint density at radius 3 is 2.49 bits per heavy atom. The summed E-state index contributed by atoms with van der Waals surface area (Å²) in [5.41, 5.74) is 3.11. The molecule has 0 saturated heterocycles. The first-order valence-electron chi connectivity index (χ1n) is 15.6. The van der Waals surface area contributed by atoms with Crippen LogP contribution in [0.25, 0.3) is 11.1 Å². The molecular weight excluding hydrogens is 616 g/mol. The number of aromatic nitrogens is 5. The maximum Gasteiger partial charge on any atom is 0.323 e. The van der Waals surface area contributed by atoms with E-state index < -0.39 is 9.84 Å². The minimum Gasteiger partial charge on any atom is -0.369 e. The van der Waals surface area contributed by atoms with E-state index in [0.29, 0.717) is 49.9 Å². The van der Waals surface area contributed by atoms with E-state index in [1.807, 2.05) is 62.6 Å². The molecule has 248 valence electrons. The van der Waals surface area contributed by atoms with Gasteiger partial charge in [0.2, 0.25) is 5.95 Å². The van der Waals surface area contributed by atoms with E-state index in [4.69, 9.17) is 0 Å². The van der Waals surface area contributed by atoms with Crippen molar-refractivity contribution in [2.24, 2.45) is 7.05 Å². The van der Waals surface area contributed by atoms with Crippen molar-refractivity contribution in [3.63, 3.8) is 0 Å². The van der Waals surface area contributed by atoms with Gasteiger partial charge in [0.25, 0.3) is 0 Å². The molecule has 1 aromatic carbocycles. The average Bonchev–Trinajstić information content (AvgIpc) is 3.50. The number of benzene rings is 1. The molecule has 0 bridgehead atoms. The van der Waals surface area contributed by atoms with Crippen LogP contribution in [0.5, 0.6) is 0 Å². The number of aryl methyl sites for hydroxylation is 1. The van der Waals surface area contributed by atoms with E-state index >= 15 is 0 Å². The molecule has 3 heterocycles. The lowest BCUT2D eigenvalue weighted by Gasteiger charge is -2.30. The van der Waals surface area contributed by atoms with Gasteiger partial charge in [-0.15, -0.1) is 0 Å². The molecule has 0 aliphatic carbocycles. The van der Waals surface area contributed by atoms with Crippen molar-refractivity contribution in [2.75, 3.05) is 34.1 Å². The van der Waals surface area contributed by atoms with Gasteiger partial charge in [-0.25, -0.2) is 23.2 Å². The second kappa shape index (κ2) is 16.5. The molecule has 0 saturated carbocycles. The highest BCUT2D eigenvalue weighted by Gasteiger charge is 2.24. The van der Waals surface area contributed by atoms with Crippen molar-refractivity contribution < 1.29 is 13.2 Å². The van der Waals surface area contributed by atoms with Crippen molar-refractivity contribution in [1.82, 2.24) is 30.0 Å². The summed E-state index contributed by atoms with van der Waals surface area (Å²) in [7, 11) is -1.22. The maximum absolute atomic E-state index is 13.6. The van der Waals surface area contributed by atoms with Crippen LogP contribution in [0.1, 0.15) is 50.7 Å². The minimum absolute atomic E-state index is 0.0152. The van der Waals surface area contributed by atoms with E-state index in [-0.39, 0.29) is 29.4 Å². The zero-order chi connectivity index (χ0) is 33.8. The predicted molar refractivity (Wildman–Crippen MR) is 184 cm³/mol. The number of urea groups is 1. The lowest BCUT2D eigenvalue weighted by atomic mass is 10.0. The average molecular weight is 659 g/mol. The van der Waals surface area contributed by atoms with Gasteiger partial charge in [0.1, 0.15) is 33.1 Å². The Hall–Kier alpha value is -5.03. The Labute approximate surface area is 276 Å². The van der Waals surface area contributed by atoms with Gasteiger partial charge in [0, 0.05) is 62.0 Å². The lowest BCUT2D eigenvalue weighted by molar-refractivity contribution is 0.243. The summed E-state index contributed by atoms with van der Waals surface area (Å²) in [6.07, 6.45) is 10.6. The number of amides is 2. The first kappa shape index (κ1) is 34.8. The van der Waals surface area contributed by atoms with Crippen LogP contribution in [0.3, 0.4) is 0 Å². The van der Waals surface area contributed by atoms with Gasteiger partial charge in [0.05, 0.1) is 18.1 Å². The van der Waals surface area contributed by atoms with E-state index in [9.17, 15) is 18.5 Å². The van der Waals surface area contributed by atoms with Crippen LogP contribution in [-0.2, 0) is 23.4 Å². The zero-order valence-corrected chi connectivity index (χ0v) is 28.0. The summed E-state index contributed by atoms with van der Waals surface area (Å²) in [6.45, 7) is 4.80. The molecule has 0 spiro atoms. The van der Waals surface area contributed by atoms with Crippen LogP contribution >= 0.6 is 0 Å². The third kappa shape index (κ3) is 10.5. The molecule has 14 heteroatoms. The second-order valence-electron chi connectivity index (χ2n) is 11.5. The molecule has 1 unspecified atom stereocenters. The molecule has 0 aliphatic rings. The summed E-state index contributed by atoms with van der Waals surface area (Å²) >= 11 is 0. The number of carbonyl (C=O) groups is 1. The summed E-state index contributed by atoms with van der Waals surface area (Å²) in [6, 6.07) is 15.2. The van der Waals surface area contributed by atoms with Crippen LogP contribution in [0.2, 0.25) is 0 Å².